The fraction of sp³-hybridized carbons (Fsp3) is 0.333. The Kier molecular flexibility index (Phi) is 4.07. The van der Waals surface area contributed by atoms with Crippen LogP contribution in [0.4, 0.5) is 0 Å². The Morgan fingerprint density at radius 1 is 1.82 bits per heavy atom. The summed E-state index contributed by atoms with van der Waals surface area (Å²) in [5.41, 5.74) is 6.24. The SMILES string of the molecule is Cl.Cn1cnc(CC(N)=S)c1. The van der Waals surface area contributed by atoms with Gasteiger partial charge < -0.3 is 10.3 Å². The summed E-state index contributed by atoms with van der Waals surface area (Å²) in [7, 11) is 1.91. The highest BCUT2D eigenvalue weighted by Gasteiger charge is 1.96. The lowest BCUT2D eigenvalue weighted by Gasteiger charge is -1.89. The summed E-state index contributed by atoms with van der Waals surface area (Å²) >= 11 is 4.72. The normalized spacial score (nSPS) is 8.82. The van der Waals surface area contributed by atoms with Crippen molar-refractivity contribution in [1.29, 1.82) is 0 Å². The van der Waals surface area contributed by atoms with Crippen molar-refractivity contribution in [3.8, 4) is 0 Å². The zero-order chi connectivity index (χ0) is 7.56. The summed E-state index contributed by atoms with van der Waals surface area (Å²) in [4.78, 5) is 4.54. The smallest absolute Gasteiger partial charge is 0.0946 e. The van der Waals surface area contributed by atoms with Crippen molar-refractivity contribution >= 4 is 29.6 Å². The minimum Gasteiger partial charge on any atom is -0.393 e. The monoisotopic (exact) mass is 191 g/mol. The number of hydrogen-bond donors (Lipinski definition) is 1. The number of imidazole rings is 1. The Labute approximate surface area is 77.0 Å². The van der Waals surface area contributed by atoms with Gasteiger partial charge >= 0.3 is 0 Å². The van der Waals surface area contributed by atoms with Gasteiger partial charge in [-0.25, -0.2) is 4.98 Å². The summed E-state index contributed by atoms with van der Waals surface area (Å²) in [6, 6.07) is 0. The second-order valence-electron chi connectivity index (χ2n) is 2.17. The van der Waals surface area contributed by atoms with Crippen molar-refractivity contribution in [2.45, 2.75) is 6.42 Å². The maximum absolute atomic E-state index is 5.32. The van der Waals surface area contributed by atoms with Gasteiger partial charge in [0.25, 0.3) is 0 Å². The molecule has 0 atom stereocenters. The minimum atomic E-state index is 0. The van der Waals surface area contributed by atoms with Gasteiger partial charge in [0.15, 0.2) is 0 Å². The summed E-state index contributed by atoms with van der Waals surface area (Å²) in [6.45, 7) is 0. The van der Waals surface area contributed by atoms with E-state index in [2.05, 4.69) is 4.98 Å². The van der Waals surface area contributed by atoms with Gasteiger partial charge in [-0.05, 0) is 0 Å². The first-order valence-electron chi connectivity index (χ1n) is 2.93. The minimum absolute atomic E-state index is 0. The molecule has 0 saturated heterocycles. The molecule has 1 aromatic rings. The predicted molar refractivity (Wildman–Crippen MR) is 50.9 cm³/mol. The molecule has 1 aromatic heterocycles. The molecule has 1 heterocycles. The van der Waals surface area contributed by atoms with Gasteiger partial charge in [0.1, 0.15) is 0 Å². The molecule has 5 heteroatoms. The first kappa shape index (κ1) is 10.4. The average Bonchev–Trinajstić information content (AvgIpc) is 2.13. The fourth-order valence-corrected chi connectivity index (χ4v) is 0.885. The summed E-state index contributed by atoms with van der Waals surface area (Å²) in [5.74, 6) is 0. The van der Waals surface area contributed by atoms with Gasteiger partial charge in [-0.15, -0.1) is 12.4 Å². The number of rotatable bonds is 2. The number of hydrogen-bond acceptors (Lipinski definition) is 2. The van der Waals surface area contributed by atoms with Crippen LogP contribution in [0.15, 0.2) is 12.5 Å². The number of nitrogens with two attached hydrogens (primary N) is 1. The van der Waals surface area contributed by atoms with E-state index >= 15 is 0 Å². The van der Waals surface area contributed by atoms with E-state index in [1.807, 2.05) is 17.8 Å². The van der Waals surface area contributed by atoms with Crippen LogP contribution in [0.25, 0.3) is 0 Å². The predicted octanol–water partition coefficient (Wildman–Crippen LogP) is 0.670. The van der Waals surface area contributed by atoms with Crippen LogP contribution in [0, 0.1) is 0 Å². The molecule has 0 aliphatic carbocycles. The fourth-order valence-electron chi connectivity index (χ4n) is 0.737. The third-order valence-corrected chi connectivity index (χ3v) is 1.26. The van der Waals surface area contributed by atoms with Crippen LogP contribution in [0.2, 0.25) is 0 Å². The molecule has 0 unspecified atom stereocenters. The molecule has 3 nitrogen and oxygen atoms in total. The second-order valence-corrected chi connectivity index (χ2v) is 2.70. The molecule has 0 aliphatic rings. The molecular weight excluding hydrogens is 182 g/mol. The van der Waals surface area contributed by atoms with Gasteiger partial charge in [-0.1, -0.05) is 12.2 Å². The van der Waals surface area contributed by atoms with Crippen LogP contribution in [-0.2, 0) is 13.5 Å². The highest BCUT2D eigenvalue weighted by Crippen LogP contribution is 1.94. The van der Waals surface area contributed by atoms with Crippen molar-refractivity contribution < 1.29 is 0 Å². The molecule has 0 fully saturated rings. The van der Waals surface area contributed by atoms with Crippen molar-refractivity contribution in [2.75, 3.05) is 0 Å². The Bertz CT molecular complexity index is 246. The number of aromatic nitrogens is 2. The van der Waals surface area contributed by atoms with Gasteiger partial charge in [-0.2, -0.15) is 0 Å². The average molecular weight is 192 g/mol. The largest absolute Gasteiger partial charge is 0.393 e. The molecule has 0 saturated carbocycles. The first-order chi connectivity index (χ1) is 4.68. The van der Waals surface area contributed by atoms with E-state index < -0.39 is 0 Å². The van der Waals surface area contributed by atoms with Crippen molar-refractivity contribution in [1.82, 2.24) is 9.55 Å². The molecule has 11 heavy (non-hydrogen) atoms. The third kappa shape index (κ3) is 3.34. The zero-order valence-corrected chi connectivity index (χ0v) is 7.78. The highest BCUT2D eigenvalue weighted by molar-refractivity contribution is 7.80. The number of thiocarbonyl (C=S) groups is 1. The van der Waals surface area contributed by atoms with Gasteiger partial charge in [0, 0.05) is 19.7 Å². The van der Waals surface area contributed by atoms with Gasteiger partial charge in [0.05, 0.1) is 17.0 Å². The van der Waals surface area contributed by atoms with Gasteiger partial charge in [0.2, 0.25) is 0 Å². The molecule has 1 rings (SSSR count). The van der Waals surface area contributed by atoms with Crippen LogP contribution in [0.3, 0.4) is 0 Å². The van der Waals surface area contributed by atoms with Crippen molar-refractivity contribution in [2.24, 2.45) is 12.8 Å². The van der Waals surface area contributed by atoms with Crippen LogP contribution in [0.5, 0.6) is 0 Å². The molecule has 0 spiro atoms. The topological polar surface area (TPSA) is 43.8 Å². The third-order valence-electron chi connectivity index (χ3n) is 1.11. The van der Waals surface area contributed by atoms with E-state index in [9.17, 15) is 0 Å². The molecule has 2 N–H and O–H groups in total. The van der Waals surface area contributed by atoms with Crippen LogP contribution in [-0.4, -0.2) is 14.5 Å². The van der Waals surface area contributed by atoms with Crippen LogP contribution < -0.4 is 5.73 Å². The summed E-state index contributed by atoms with van der Waals surface area (Å²) in [5, 5.41) is 0. The molecule has 0 aromatic carbocycles. The van der Waals surface area contributed by atoms with E-state index in [4.69, 9.17) is 18.0 Å². The molecular formula is C6H10ClN3S. The molecule has 0 bridgehead atoms. The van der Waals surface area contributed by atoms with Crippen LogP contribution in [0.1, 0.15) is 5.69 Å². The van der Waals surface area contributed by atoms with Crippen LogP contribution >= 0.6 is 24.6 Å². The number of halogens is 1. The number of aryl methyl sites for hydroxylation is 1. The Morgan fingerprint density at radius 3 is 2.82 bits per heavy atom. The first-order valence-corrected chi connectivity index (χ1v) is 3.34. The molecule has 0 amide bonds. The van der Waals surface area contributed by atoms with Gasteiger partial charge in [-0.3, -0.25) is 0 Å². The van der Waals surface area contributed by atoms with E-state index in [0.717, 1.165) is 5.69 Å². The molecule has 0 radical (unpaired) electrons. The van der Waals surface area contributed by atoms with E-state index in [0.29, 0.717) is 11.4 Å². The van der Waals surface area contributed by atoms with Crippen molar-refractivity contribution in [3.05, 3.63) is 18.2 Å². The van der Waals surface area contributed by atoms with E-state index in [1.165, 1.54) is 0 Å². The lowest BCUT2D eigenvalue weighted by molar-refractivity contribution is 0.913. The standard InChI is InChI=1S/C6H9N3S.ClH/c1-9-3-5(8-4-9)2-6(7)10;/h3-4H,2H2,1H3,(H2,7,10);1H. The highest BCUT2D eigenvalue weighted by atomic mass is 35.5. The zero-order valence-electron chi connectivity index (χ0n) is 6.15. The summed E-state index contributed by atoms with van der Waals surface area (Å²) in [6.07, 6.45) is 4.23. The quantitative estimate of drug-likeness (QED) is 0.699. The summed E-state index contributed by atoms with van der Waals surface area (Å²) < 4.78 is 1.87. The Morgan fingerprint density at radius 2 is 2.45 bits per heavy atom. The van der Waals surface area contributed by atoms with E-state index in [-0.39, 0.29) is 12.4 Å². The van der Waals surface area contributed by atoms with E-state index in [1.54, 1.807) is 6.33 Å². The maximum atomic E-state index is 5.32. The Balaban J connectivity index is 0.000001000. The maximum Gasteiger partial charge on any atom is 0.0946 e. The molecule has 62 valence electrons. The lowest BCUT2D eigenvalue weighted by Crippen LogP contribution is -2.11. The van der Waals surface area contributed by atoms with Crippen molar-refractivity contribution in [3.63, 3.8) is 0 Å². The second kappa shape index (κ2) is 4.31. The lowest BCUT2D eigenvalue weighted by atomic mass is 10.3. The Hall–Kier alpha value is -0.610. The number of nitrogens with zero attached hydrogens (tertiary/aromatic N) is 2. The molecule has 0 aliphatic heterocycles.